The molecule has 1 aromatic heterocycles. The number of hydrogen-bond donors (Lipinski definition) is 1. The molecule has 0 aliphatic carbocycles. The lowest BCUT2D eigenvalue weighted by Gasteiger charge is -2.48. The van der Waals surface area contributed by atoms with Crippen LogP contribution in [-0.4, -0.2) is 85.7 Å². The fourth-order valence-electron chi connectivity index (χ4n) is 5.13. The standard InChI is InChI=1S/C30H32F3NO15/c1-13(35)34-25-22(44-15(3)37)11-29(28(41)42-6,48-18-7-8-19-20(30(31,32)33)10-24(40)47-21(19)9-18)49-27(25)26(46-17(5)39)23(45-16(4)38)12-43-14(2)36/h7-10,22-23,25-27H,11-12H2,1-6H3,(H,34,35)/t22-,23-,25+,26-,27+,29+/m0/s1. The van der Waals surface area contributed by atoms with Crippen molar-refractivity contribution in [2.45, 2.75) is 83.5 Å². The molecule has 1 aliphatic rings. The fourth-order valence-corrected chi connectivity index (χ4v) is 5.13. The molecule has 1 amide bonds. The summed E-state index contributed by atoms with van der Waals surface area (Å²) in [7, 11) is 0.910. The van der Waals surface area contributed by atoms with Gasteiger partial charge >= 0.3 is 47.4 Å². The van der Waals surface area contributed by atoms with E-state index >= 15 is 0 Å². The van der Waals surface area contributed by atoms with Crippen molar-refractivity contribution in [3.63, 3.8) is 0 Å². The van der Waals surface area contributed by atoms with Gasteiger partial charge in [-0.05, 0) is 12.1 Å². The van der Waals surface area contributed by atoms with E-state index in [1.807, 2.05) is 0 Å². The first kappa shape index (κ1) is 38.2. The van der Waals surface area contributed by atoms with Gasteiger partial charge in [0, 0.05) is 52.1 Å². The van der Waals surface area contributed by atoms with E-state index in [1.165, 1.54) is 0 Å². The Hall–Kier alpha value is -5.20. The number of fused-ring (bicyclic) bond motifs is 1. The molecule has 2 aromatic rings. The van der Waals surface area contributed by atoms with Crippen molar-refractivity contribution < 1.29 is 79.5 Å². The van der Waals surface area contributed by atoms with Gasteiger partial charge in [0.15, 0.2) is 12.2 Å². The van der Waals surface area contributed by atoms with Crippen molar-refractivity contribution in [3.05, 3.63) is 40.2 Å². The molecule has 3 rings (SSSR count). The van der Waals surface area contributed by atoms with Crippen LogP contribution in [-0.2, 0) is 63.4 Å². The van der Waals surface area contributed by atoms with Crippen LogP contribution in [0.4, 0.5) is 13.2 Å². The van der Waals surface area contributed by atoms with Crippen molar-refractivity contribution in [1.29, 1.82) is 0 Å². The Kier molecular flexibility index (Phi) is 12.0. The molecule has 19 heteroatoms. The topological polar surface area (TPSA) is 209 Å². The van der Waals surface area contributed by atoms with E-state index < -0.39 is 119 Å². The van der Waals surface area contributed by atoms with Gasteiger partial charge < -0.3 is 42.9 Å². The number of carbonyl (C=O) groups is 6. The van der Waals surface area contributed by atoms with Crippen LogP contribution in [0.15, 0.2) is 33.5 Å². The van der Waals surface area contributed by atoms with Gasteiger partial charge in [0.2, 0.25) is 5.91 Å². The molecule has 1 N–H and O–H groups in total. The van der Waals surface area contributed by atoms with Crippen molar-refractivity contribution in [1.82, 2.24) is 5.32 Å². The summed E-state index contributed by atoms with van der Waals surface area (Å²) in [6, 6.07) is 1.48. The molecule has 0 spiro atoms. The van der Waals surface area contributed by atoms with Gasteiger partial charge in [-0.25, -0.2) is 9.59 Å². The number of ether oxygens (including phenoxy) is 7. The van der Waals surface area contributed by atoms with Gasteiger partial charge in [-0.15, -0.1) is 0 Å². The van der Waals surface area contributed by atoms with E-state index in [1.54, 1.807) is 0 Å². The first-order chi connectivity index (χ1) is 22.8. The third kappa shape index (κ3) is 9.68. The van der Waals surface area contributed by atoms with Crippen LogP contribution < -0.4 is 15.7 Å². The second-order valence-electron chi connectivity index (χ2n) is 10.7. The molecule has 16 nitrogen and oxygen atoms in total. The Labute approximate surface area is 275 Å². The normalized spacial score (nSPS) is 21.8. The highest BCUT2D eigenvalue weighted by atomic mass is 19.4. The van der Waals surface area contributed by atoms with Gasteiger partial charge in [-0.3, -0.25) is 24.0 Å². The summed E-state index contributed by atoms with van der Waals surface area (Å²) in [5.74, 6) is -8.96. The summed E-state index contributed by atoms with van der Waals surface area (Å²) in [5.41, 5.74) is -3.27. The summed E-state index contributed by atoms with van der Waals surface area (Å²) in [6.07, 6.45) is -12.6. The number of esters is 5. The highest BCUT2D eigenvalue weighted by Gasteiger charge is 2.60. The largest absolute Gasteiger partial charge is 0.464 e. The van der Waals surface area contributed by atoms with Crippen molar-refractivity contribution in [3.8, 4) is 5.75 Å². The molecule has 1 fully saturated rings. The summed E-state index contributed by atoms with van der Waals surface area (Å²) < 4.78 is 84.0. The molecule has 2 heterocycles. The molecule has 1 aliphatic heterocycles. The molecule has 1 aromatic carbocycles. The Bertz CT molecular complexity index is 1670. The van der Waals surface area contributed by atoms with Crippen LogP contribution in [0.1, 0.15) is 46.6 Å². The lowest BCUT2D eigenvalue weighted by Crippen LogP contribution is -2.70. The zero-order chi connectivity index (χ0) is 36.8. The Morgan fingerprint density at radius 1 is 0.959 bits per heavy atom. The lowest BCUT2D eigenvalue weighted by molar-refractivity contribution is -0.289. The van der Waals surface area contributed by atoms with E-state index in [4.69, 9.17) is 37.6 Å². The smallest absolute Gasteiger partial charge is 0.417 e. The maximum absolute atomic E-state index is 13.7. The number of nitrogens with one attached hydrogen (secondary N) is 1. The van der Waals surface area contributed by atoms with Crippen LogP contribution >= 0.6 is 0 Å². The number of rotatable bonds is 11. The number of benzene rings is 1. The molecule has 6 atom stereocenters. The third-order valence-electron chi connectivity index (χ3n) is 6.80. The average molecular weight is 704 g/mol. The second kappa shape index (κ2) is 15.3. The maximum Gasteiger partial charge on any atom is 0.417 e. The van der Waals surface area contributed by atoms with Gasteiger partial charge in [-0.1, -0.05) is 0 Å². The number of carbonyl (C=O) groups excluding carboxylic acids is 6. The van der Waals surface area contributed by atoms with E-state index in [0.29, 0.717) is 0 Å². The minimum absolute atomic E-state index is 0.254. The van der Waals surface area contributed by atoms with Gasteiger partial charge in [0.05, 0.1) is 25.1 Å². The molecule has 268 valence electrons. The van der Waals surface area contributed by atoms with Crippen LogP contribution in [0.3, 0.4) is 0 Å². The minimum Gasteiger partial charge on any atom is -0.464 e. The zero-order valence-corrected chi connectivity index (χ0v) is 26.9. The first-order valence-corrected chi connectivity index (χ1v) is 14.3. The second-order valence-corrected chi connectivity index (χ2v) is 10.7. The third-order valence-corrected chi connectivity index (χ3v) is 6.80. The molecule has 0 unspecified atom stereocenters. The number of alkyl halides is 3. The molecule has 1 saturated heterocycles. The van der Waals surface area contributed by atoms with Crippen LogP contribution in [0.25, 0.3) is 11.0 Å². The predicted octanol–water partition coefficient (Wildman–Crippen LogP) is 1.71. The van der Waals surface area contributed by atoms with E-state index in [0.717, 1.165) is 59.9 Å². The van der Waals surface area contributed by atoms with Crippen molar-refractivity contribution in [2.24, 2.45) is 0 Å². The summed E-state index contributed by atoms with van der Waals surface area (Å²) in [4.78, 5) is 86.3. The Morgan fingerprint density at radius 3 is 2.14 bits per heavy atom. The molecule has 0 bridgehead atoms. The average Bonchev–Trinajstić information content (AvgIpc) is 2.97. The van der Waals surface area contributed by atoms with Gasteiger partial charge in [0.1, 0.15) is 30.1 Å². The van der Waals surface area contributed by atoms with Crippen molar-refractivity contribution in [2.75, 3.05) is 13.7 Å². The summed E-state index contributed by atoms with van der Waals surface area (Å²) >= 11 is 0. The van der Waals surface area contributed by atoms with Crippen molar-refractivity contribution >= 4 is 46.7 Å². The van der Waals surface area contributed by atoms with E-state index in [9.17, 15) is 46.7 Å². The number of amides is 1. The van der Waals surface area contributed by atoms with E-state index in [-0.39, 0.29) is 6.07 Å². The SMILES string of the molecule is COC(=O)[C@@]1(Oc2ccc3c(C(F)(F)F)cc(=O)oc3c2)C[C@H](OC(C)=O)[C@@H](NC(C)=O)[C@H]([C@@H](OC(C)=O)[C@H](COC(C)=O)OC(C)=O)O1. The molecule has 49 heavy (non-hydrogen) atoms. The number of halogens is 3. The van der Waals surface area contributed by atoms with Crippen LogP contribution in [0.5, 0.6) is 5.75 Å². The fraction of sp³-hybridized carbons (Fsp3) is 0.500. The first-order valence-electron chi connectivity index (χ1n) is 14.3. The monoisotopic (exact) mass is 703 g/mol. The molecular weight excluding hydrogens is 671 g/mol. The highest BCUT2D eigenvalue weighted by molar-refractivity contribution is 5.83. The highest BCUT2D eigenvalue weighted by Crippen LogP contribution is 2.40. The lowest BCUT2D eigenvalue weighted by atomic mass is 9.88. The predicted molar refractivity (Wildman–Crippen MR) is 153 cm³/mol. The summed E-state index contributed by atoms with van der Waals surface area (Å²) in [5, 5.41) is 1.94. The van der Waals surface area contributed by atoms with Crippen LogP contribution in [0.2, 0.25) is 0 Å². The maximum atomic E-state index is 13.7. The quantitative estimate of drug-likeness (QED) is 0.201. The number of methoxy groups -OCH3 is 1. The Morgan fingerprint density at radius 2 is 1.61 bits per heavy atom. The Balaban J connectivity index is 2.28. The molecule has 0 saturated carbocycles. The summed E-state index contributed by atoms with van der Waals surface area (Å²) in [6.45, 7) is 4.28. The zero-order valence-electron chi connectivity index (χ0n) is 26.9. The van der Waals surface area contributed by atoms with Gasteiger partial charge in [-0.2, -0.15) is 13.2 Å². The van der Waals surface area contributed by atoms with E-state index in [2.05, 4.69) is 5.32 Å². The molecular formula is C30H32F3NO15. The number of hydrogen-bond acceptors (Lipinski definition) is 15. The van der Waals surface area contributed by atoms with Crippen LogP contribution in [0, 0.1) is 0 Å². The minimum atomic E-state index is -4.95. The molecule has 0 radical (unpaired) electrons. The van der Waals surface area contributed by atoms with Gasteiger partial charge in [0.25, 0.3) is 0 Å².